The lowest BCUT2D eigenvalue weighted by molar-refractivity contribution is -0.138. The van der Waals surface area contributed by atoms with Crippen molar-refractivity contribution in [1.29, 1.82) is 0 Å². The van der Waals surface area contributed by atoms with E-state index in [-0.39, 0.29) is 24.5 Å². The fourth-order valence-corrected chi connectivity index (χ4v) is 6.91. The Balaban J connectivity index is 1.76. The Morgan fingerprint density at radius 1 is 1.12 bits per heavy atom. The van der Waals surface area contributed by atoms with Crippen molar-refractivity contribution in [3.05, 3.63) is 35.4 Å². The third-order valence-corrected chi connectivity index (χ3v) is 8.82. The number of allylic oxidation sites excluding steroid dienone is 2. The van der Waals surface area contributed by atoms with Crippen LogP contribution in [0.3, 0.4) is 0 Å². The summed E-state index contributed by atoms with van der Waals surface area (Å²) in [5.74, 6) is -4.81. The summed E-state index contributed by atoms with van der Waals surface area (Å²) < 4.78 is 5.16. The van der Waals surface area contributed by atoms with E-state index in [1.165, 1.54) is 20.2 Å². The number of phenolic OH excluding ortho intramolecular Hbond substituents is 1. The van der Waals surface area contributed by atoms with E-state index in [2.05, 4.69) is 5.32 Å². The number of ether oxygens (including phenoxy) is 1. The van der Waals surface area contributed by atoms with Gasteiger partial charge < -0.3 is 9.84 Å². The Morgan fingerprint density at radius 2 is 1.84 bits per heavy atom. The van der Waals surface area contributed by atoms with Gasteiger partial charge in [0.25, 0.3) is 11.8 Å². The van der Waals surface area contributed by atoms with Gasteiger partial charge in [-0.1, -0.05) is 17.7 Å². The van der Waals surface area contributed by atoms with Crippen LogP contribution in [0.25, 0.3) is 0 Å². The van der Waals surface area contributed by atoms with Crippen LogP contribution in [0.4, 0.5) is 0 Å². The van der Waals surface area contributed by atoms with Crippen LogP contribution in [0.2, 0.25) is 0 Å². The fraction of sp³-hybridized carbons (Fsp3) is 0.455. The fourth-order valence-electron chi connectivity index (χ4n) is 5.89. The number of imide groups is 2. The van der Waals surface area contributed by atoms with Gasteiger partial charge in [0.15, 0.2) is 9.75 Å². The molecule has 32 heavy (non-hydrogen) atoms. The summed E-state index contributed by atoms with van der Waals surface area (Å²) in [6.45, 7) is 0. The van der Waals surface area contributed by atoms with Crippen LogP contribution in [0.1, 0.15) is 24.3 Å². The second-order valence-electron chi connectivity index (χ2n) is 8.78. The molecule has 2 saturated heterocycles. The van der Waals surface area contributed by atoms with E-state index >= 15 is 0 Å². The van der Waals surface area contributed by atoms with Gasteiger partial charge in [-0.25, -0.2) is 0 Å². The van der Waals surface area contributed by atoms with Crippen LogP contribution in [-0.2, 0) is 19.2 Å². The molecular weight excluding hydrogens is 459 g/mol. The van der Waals surface area contributed by atoms with Gasteiger partial charge in [0.05, 0.1) is 18.9 Å². The molecule has 10 heteroatoms. The van der Waals surface area contributed by atoms with Crippen molar-refractivity contribution in [2.75, 3.05) is 14.2 Å². The molecule has 2 N–H and O–H groups in total. The summed E-state index contributed by atoms with van der Waals surface area (Å²) in [6, 6.07) is 4.57. The number of hydrogen-bond donors (Lipinski definition) is 2. The number of likely N-dealkylation sites (tertiary alicyclic amines) is 1. The largest absolute Gasteiger partial charge is 0.508 e. The number of methoxy groups -OCH3 is 1. The van der Waals surface area contributed by atoms with Crippen molar-refractivity contribution in [2.24, 2.45) is 17.8 Å². The molecule has 2 heterocycles. The number of fused-ring (bicyclic) bond motifs is 4. The van der Waals surface area contributed by atoms with E-state index in [0.717, 1.165) is 4.90 Å². The molecule has 0 radical (unpaired) electrons. The Bertz CT molecular complexity index is 1140. The topological polar surface area (TPSA) is 113 Å². The van der Waals surface area contributed by atoms with Gasteiger partial charge >= 0.3 is 0 Å². The predicted molar refractivity (Wildman–Crippen MR) is 113 cm³/mol. The van der Waals surface area contributed by atoms with Crippen LogP contribution in [0.5, 0.6) is 11.5 Å². The zero-order valence-electron chi connectivity index (χ0n) is 17.2. The minimum Gasteiger partial charge on any atom is -0.508 e. The Kier molecular flexibility index (Phi) is 4.46. The van der Waals surface area contributed by atoms with Crippen LogP contribution in [0.15, 0.2) is 29.8 Å². The lowest BCUT2D eigenvalue weighted by Crippen LogP contribution is -2.60. The van der Waals surface area contributed by atoms with Crippen LogP contribution >= 0.6 is 23.2 Å². The summed E-state index contributed by atoms with van der Waals surface area (Å²) in [6.07, 6.45) is 2.00. The Morgan fingerprint density at radius 3 is 2.50 bits per heavy atom. The van der Waals surface area contributed by atoms with Crippen molar-refractivity contribution in [2.45, 2.75) is 28.5 Å². The number of amides is 4. The number of phenols is 1. The van der Waals surface area contributed by atoms with Crippen LogP contribution in [0, 0.1) is 17.8 Å². The van der Waals surface area contributed by atoms with Crippen LogP contribution < -0.4 is 10.1 Å². The first-order valence-corrected chi connectivity index (χ1v) is 10.9. The van der Waals surface area contributed by atoms with Gasteiger partial charge in [-0.05, 0) is 24.8 Å². The standard InChI is InChI=1S/C22H20Cl2N2O6/c1-26-19(30)21(23)8-13-10(5-6-12-15(13)18(29)25-17(12)28)16(22(21,24)20(26)31)11-4-3-9(32-2)7-14(11)27/h3-5,7,12-13,15-16,27H,6,8H2,1-2H3,(H,25,28,29). The molecule has 1 aromatic carbocycles. The molecule has 4 aliphatic rings. The number of carbonyl (C=O) groups excluding carboxylic acids is 4. The van der Waals surface area contributed by atoms with E-state index in [9.17, 15) is 24.3 Å². The van der Waals surface area contributed by atoms with Gasteiger partial charge in [0, 0.05) is 24.6 Å². The monoisotopic (exact) mass is 478 g/mol. The van der Waals surface area contributed by atoms with Crippen molar-refractivity contribution in [3.63, 3.8) is 0 Å². The van der Waals surface area contributed by atoms with Gasteiger partial charge in [0.2, 0.25) is 11.8 Å². The summed E-state index contributed by atoms with van der Waals surface area (Å²) in [4.78, 5) is 48.6. The van der Waals surface area contributed by atoms with E-state index < -0.39 is 51.1 Å². The van der Waals surface area contributed by atoms with Crippen molar-refractivity contribution >= 4 is 46.8 Å². The molecule has 5 rings (SSSR count). The van der Waals surface area contributed by atoms with E-state index in [1.54, 1.807) is 18.2 Å². The zero-order valence-corrected chi connectivity index (χ0v) is 18.7. The molecule has 3 fully saturated rings. The third kappa shape index (κ3) is 2.39. The molecular formula is C22H20Cl2N2O6. The normalized spacial score (nSPS) is 38.1. The Labute approximate surface area is 193 Å². The molecule has 168 valence electrons. The van der Waals surface area contributed by atoms with Gasteiger partial charge in [-0.3, -0.25) is 29.4 Å². The van der Waals surface area contributed by atoms with Crippen molar-refractivity contribution in [3.8, 4) is 11.5 Å². The average Bonchev–Trinajstić information content (AvgIpc) is 3.12. The molecule has 6 atom stereocenters. The number of hydrogen-bond acceptors (Lipinski definition) is 6. The maximum atomic E-state index is 13.3. The summed E-state index contributed by atoms with van der Waals surface area (Å²) in [5, 5.41) is 13.2. The lowest BCUT2D eigenvalue weighted by Gasteiger charge is -2.50. The summed E-state index contributed by atoms with van der Waals surface area (Å²) >= 11 is 13.9. The second-order valence-corrected chi connectivity index (χ2v) is 10.0. The minimum atomic E-state index is -1.92. The predicted octanol–water partition coefficient (Wildman–Crippen LogP) is 1.68. The number of alkyl halides is 2. The molecule has 0 aromatic heterocycles. The van der Waals surface area contributed by atoms with Gasteiger partial charge in [0.1, 0.15) is 11.5 Å². The second kappa shape index (κ2) is 6.71. The lowest BCUT2D eigenvalue weighted by atomic mass is 9.56. The molecule has 2 aliphatic heterocycles. The number of rotatable bonds is 2. The zero-order chi connectivity index (χ0) is 23.2. The first-order valence-electron chi connectivity index (χ1n) is 10.2. The van der Waals surface area contributed by atoms with Crippen molar-refractivity contribution in [1.82, 2.24) is 10.2 Å². The minimum absolute atomic E-state index is 0.0753. The SMILES string of the molecule is COc1ccc(C2C3=CCC4C(=O)NC(=O)C4C3CC3(Cl)C(=O)N(C)C(=O)C23Cl)c(O)c1. The highest BCUT2D eigenvalue weighted by Gasteiger charge is 2.75. The van der Waals surface area contributed by atoms with Gasteiger partial charge in [-0.2, -0.15) is 0 Å². The molecule has 1 aromatic rings. The number of halogens is 2. The van der Waals surface area contributed by atoms with Gasteiger partial charge in [-0.15, -0.1) is 23.2 Å². The van der Waals surface area contributed by atoms with E-state index in [4.69, 9.17) is 27.9 Å². The highest BCUT2D eigenvalue weighted by molar-refractivity contribution is 6.53. The molecule has 6 unspecified atom stereocenters. The number of carbonyl (C=O) groups is 4. The summed E-state index contributed by atoms with van der Waals surface area (Å²) in [7, 11) is 2.76. The van der Waals surface area contributed by atoms with Crippen LogP contribution in [-0.4, -0.2) is 57.5 Å². The number of aromatic hydroxyl groups is 1. The number of nitrogens with one attached hydrogen (secondary N) is 1. The molecule has 1 saturated carbocycles. The van der Waals surface area contributed by atoms with Crippen molar-refractivity contribution < 1.29 is 29.0 Å². The first kappa shape index (κ1) is 21.3. The molecule has 4 amide bonds. The smallest absolute Gasteiger partial charge is 0.253 e. The quantitative estimate of drug-likeness (QED) is 0.379. The highest BCUT2D eigenvalue weighted by Crippen LogP contribution is 2.65. The highest BCUT2D eigenvalue weighted by atomic mass is 35.5. The number of nitrogens with zero attached hydrogens (tertiary/aromatic N) is 1. The third-order valence-electron chi connectivity index (χ3n) is 7.41. The molecule has 8 nitrogen and oxygen atoms in total. The number of benzene rings is 1. The van der Waals surface area contributed by atoms with E-state index in [1.807, 2.05) is 0 Å². The van der Waals surface area contributed by atoms with E-state index in [0.29, 0.717) is 16.9 Å². The maximum Gasteiger partial charge on any atom is 0.253 e. The molecule has 0 spiro atoms. The summed E-state index contributed by atoms with van der Waals surface area (Å²) in [5.41, 5.74) is 0.917. The Hall–Kier alpha value is -2.58. The molecule has 2 aliphatic carbocycles. The maximum absolute atomic E-state index is 13.3. The first-order chi connectivity index (χ1) is 15.1. The average molecular weight is 479 g/mol. The molecule has 0 bridgehead atoms.